The molecule has 0 amide bonds. The Morgan fingerprint density at radius 2 is 2.21 bits per heavy atom. The van der Waals surface area contributed by atoms with Gasteiger partial charge in [-0.3, -0.25) is 4.98 Å². The summed E-state index contributed by atoms with van der Waals surface area (Å²) in [6.07, 6.45) is 1.80. The number of fused-ring (bicyclic) bond motifs is 1. The van der Waals surface area contributed by atoms with E-state index in [1.807, 2.05) is 59.8 Å². The number of aromatic nitrogens is 3. The SMILES string of the molecule is CCn1nc(-c2ccccn2)c2c1NCCSC2c1ccc(C(=O)OC)cc1C. The molecule has 0 spiro atoms. The van der Waals surface area contributed by atoms with Crippen molar-refractivity contribution in [1.29, 1.82) is 0 Å². The van der Waals surface area contributed by atoms with E-state index < -0.39 is 0 Å². The predicted molar refractivity (Wildman–Crippen MR) is 116 cm³/mol. The minimum Gasteiger partial charge on any atom is -0.465 e. The molecular weight excluding hydrogens is 384 g/mol. The standard InChI is InChI=1S/C22H24N4O2S/c1-4-26-21-18(19(25-26)17-7-5-6-10-23-17)20(29-12-11-24-21)16-9-8-15(13-14(16)2)22(27)28-3/h5-10,13,20,24H,4,11-12H2,1-3H3. The Morgan fingerprint density at radius 3 is 2.90 bits per heavy atom. The van der Waals surface area contributed by atoms with Gasteiger partial charge in [0.05, 0.1) is 23.6 Å². The van der Waals surface area contributed by atoms with Crippen LogP contribution in [0.3, 0.4) is 0 Å². The lowest BCUT2D eigenvalue weighted by atomic mass is 9.96. The van der Waals surface area contributed by atoms with Gasteiger partial charge in [0.1, 0.15) is 11.5 Å². The van der Waals surface area contributed by atoms with Gasteiger partial charge in [-0.2, -0.15) is 5.10 Å². The van der Waals surface area contributed by atoms with Crippen LogP contribution in [0.1, 0.15) is 39.2 Å². The van der Waals surface area contributed by atoms with Gasteiger partial charge in [0.2, 0.25) is 0 Å². The maximum atomic E-state index is 11.9. The molecule has 7 heteroatoms. The molecule has 0 saturated carbocycles. The summed E-state index contributed by atoms with van der Waals surface area (Å²) in [6.45, 7) is 5.80. The highest BCUT2D eigenvalue weighted by molar-refractivity contribution is 7.99. The summed E-state index contributed by atoms with van der Waals surface area (Å²) >= 11 is 1.89. The first-order valence-electron chi connectivity index (χ1n) is 9.70. The summed E-state index contributed by atoms with van der Waals surface area (Å²) < 4.78 is 6.90. The van der Waals surface area contributed by atoms with E-state index in [1.165, 1.54) is 12.7 Å². The number of ether oxygens (including phenoxy) is 1. The molecular formula is C22H24N4O2S. The van der Waals surface area contributed by atoms with Gasteiger partial charge in [-0.1, -0.05) is 12.1 Å². The number of nitrogens with one attached hydrogen (secondary N) is 1. The first-order valence-corrected chi connectivity index (χ1v) is 10.7. The zero-order chi connectivity index (χ0) is 20.4. The Balaban J connectivity index is 1.88. The molecule has 4 rings (SSSR count). The van der Waals surface area contributed by atoms with E-state index in [0.717, 1.165) is 47.2 Å². The number of methoxy groups -OCH3 is 1. The van der Waals surface area contributed by atoms with Gasteiger partial charge >= 0.3 is 5.97 Å². The van der Waals surface area contributed by atoms with Crippen LogP contribution in [-0.4, -0.2) is 40.1 Å². The van der Waals surface area contributed by atoms with Crippen molar-refractivity contribution in [1.82, 2.24) is 14.8 Å². The zero-order valence-corrected chi connectivity index (χ0v) is 17.6. The molecule has 3 heterocycles. The van der Waals surface area contributed by atoms with Gasteiger partial charge in [-0.15, -0.1) is 11.8 Å². The van der Waals surface area contributed by atoms with Crippen LogP contribution in [0.25, 0.3) is 11.4 Å². The Labute approximate surface area is 174 Å². The minimum atomic E-state index is -0.316. The van der Waals surface area contributed by atoms with Gasteiger partial charge in [0.15, 0.2) is 0 Å². The fourth-order valence-electron chi connectivity index (χ4n) is 3.72. The maximum absolute atomic E-state index is 11.9. The average molecular weight is 409 g/mol. The van der Waals surface area contributed by atoms with Gasteiger partial charge in [-0.25, -0.2) is 9.48 Å². The van der Waals surface area contributed by atoms with Gasteiger partial charge in [0.25, 0.3) is 0 Å². The molecule has 2 aromatic heterocycles. The number of benzene rings is 1. The topological polar surface area (TPSA) is 69.0 Å². The molecule has 1 aromatic carbocycles. The van der Waals surface area contributed by atoms with E-state index in [0.29, 0.717) is 5.56 Å². The van der Waals surface area contributed by atoms with E-state index >= 15 is 0 Å². The van der Waals surface area contributed by atoms with Gasteiger partial charge in [0, 0.05) is 30.6 Å². The minimum absolute atomic E-state index is 0.101. The van der Waals surface area contributed by atoms with Gasteiger partial charge < -0.3 is 10.1 Å². The summed E-state index contributed by atoms with van der Waals surface area (Å²) in [5, 5.41) is 8.56. The number of nitrogens with zero attached hydrogens (tertiary/aromatic N) is 3. The highest BCUT2D eigenvalue weighted by Gasteiger charge is 2.31. The summed E-state index contributed by atoms with van der Waals surface area (Å²) in [7, 11) is 1.41. The summed E-state index contributed by atoms with van der Waals surface area (Å²) in [6, 6.07) is 11.7. The number of thioether (sulfide) groups is 1. The smallest absolute Gasteiger partial charge is 0.337 e. The molecule has 1 aliphatic heterocycles. The predicted octanol–water partition coefficient (Wildman–Crippen LogP) is 4.31. The van der Waals surface area contributed by atoms with E-state index in [1.54, 1.807) is 6.20 Å². The third kappa shape index (κ3) is 3.62. The molecule has 0 saturated heterocycles. The van der Waals surface area contributed by atoms with Crippen molar-refractivity contribution in [3.05, 3.63) is 64.8 Å². The van der Waals surface area contributed by atoms with E-state index in [9.17, 15) is 4.79 Å². The van der Waals surface area contributed by atoms with Crippen molar-refractivity contribution >= 4 is 23.5 Å². The van der Waals surface area contributed by atoms with Crippen LogP contribution in [0, 0.1) is 6.92 Å². The first kappa shape index (κ1) is 19.5. The van der Waals surface area contributed by atoms with E-state index in [4.69, 9.17) is 9.84 Å². The van der Waals surface area contributed by atoms with Crippen molar-refractivity contribution in [2.75, 3.05) is 24.7 Å². The Morgan fingerprint density at radius 1 is 1.34 bits per heavy atom. The molecule has 0 fully saturated rings. The lowest BCUT2D eigenvalue weighted by molar-refractivity contribution is 0.0600. The molecule has 6 nitrogen and oxygen atoms in total. The summed E-state index contributed by atoms with van der Waals surface area (Å²) in [5.74, 6) is 1.71. The molecule has 1 aliphatic rings. The number of esters is 1. The number of aryl methyl sites for hydroxylation is 2. The number of pyridine rings is 1. The molecule has 1 atom stereocenters. The fraction of sp³-hybridized carbons (Fsp3) is 0.318. The van der Waals surface area contributed by atoms with E-state index in [-0.39, 0.29) is 11.2 Å². The fourth-order valence-corrected chi connectivity index (χ4v) is 5.01. The molecule has 1 N–H and O–H groups in total. The second-order valence-electron chi connectivity index (χ2n) is 6.88. The monoisotopic (exact) mass is 408 g/mol. The second kappa shape index (κ2) is 8.29. The maximum Gasteiger partial charge on any atom is 0.337 e. The first-order chi connectivity index (χ1) is 14.1. The van der Waals surface area contributed by atoms with Crippen molar-refractivity contribution < 1.29 is 9.53 Å². The number of anilines is 1. The molecule has 150 valence electrons. The highest BCUT2D eigenvalue weighted by Crippen LogP contribution is 2.46. The van der Waals surface area contributed by atoms with Crippen LogP contribution in [0.4, 0.5) is 5.82 Å². The zero-order valence-electron chi connectivity index (χ0n) is 16.8. The van der Waals surface area contributed by atoms with Crippen LogP contribution in [0.5, 0.6) is 0 Å². The number of rotatable bonds is 4. The number of carbonyl (C=O) groups excluding carboxylic acids is 1. The third-order valence-corrected chi connectivity index (χ3v) is 6.37. The largest absolute Gasteiger partial charge is 0.465 e. The summed E-state index contributed by atoms with van der Waals surface area (Å²) in [5.41, 5.74) is 5.75. The molecule has 1 unspecified atom stereocenters. The molecule has 0 bridgehead atoms. The van der Waals surface area contributed by atoms with Gasteiger partial charge in [-0.05, 0) is 49.2 Å². The molecule has 3 aromatic rings. The number of carbonyl (C=O) groups is 1. The highest BCUT2D eigenvalue weighted by atomic mass is 32.2. The lowest BCUT2D eigenvalue weighted by Gasteiger charge is -2.19. The second-order valence-corrected chi connectivity index (χ2v) is 8.10. The molecule has 29 heavy (non-hydrogen) atoms. The molecule has 0 aliphatic carbocycles. The van der Waals surface area contributed by atoms with Crippen molar-refractivity contribution in [2.45, 2.75) is 25.6 Å². The third-order valence-electron chi connectivity index (χ3n) is 5.11. The van der Waals surface area contributed by atoms with Crippen LogP contribution in [0.2, 0.25) is 0 Å². The van der Waals surface area contributed by atoms with Crippen LogP contribution in [0.15, 0.2) is 42.6 Å². The van der Waals surface area contributed by atoms with Crippen LogP contribution >= 0.6 is 11.8 Å². The average Bonchev–Trinajstić information content (AvgIpc) is 2.99. The quantitative estimate of drug-likeness (QED) is 0.649. The summed E-state index contributed by atoms with van der Waals surface area (Å²) in [4.78, 5) is 16.5. The van der Waals surface area contributed by atoms with E-state index in [2.05, 4.69) is 17.2 Å². The normalized spacial score (nSPS) is 15.9. The Hall–Kier alpha value is -2.80. The number of hydrogen-bond donors (Lipinski definition) is 1. The van der Waals surface area contributed by atoms with Crippen molar-refractivity contribution in [2.24, 2.45) is 0 Å². The van der Waals surface area contributed by atoms with Crippen molar-refractivity contribution in [3.8, 4) is 11.4 Å². The van der Waals surface area contributed by atoms with Crippen LogP contribution < -0.4 is 5.32 Å². The number of hydrogen-bond acceptors (Lipinski definition) is 6. The molecule has 0 radical (unpaired) electrons. The van der Waals surface area contributed by atoms with Crippen LogP contribution in [-0.2, 0) is 11.3 Å². The Bertz CT molecular complexity index is 1030. The van der Waals surface area contributed by atoms with Crippen molar-refractivity contribution in [3.63, 3.8) is 0 Å². The lowest BCUT2D eigenvalue weighted by Crippen LogP contribution is -2.08. The Kier molecular flexibility index (Phi) is 5.58.